The van der Waals surface area contributed by atoms with E-state index in [2.05, 4.69) is 5.32 Å². The molecule has 0 saturated heterocycles. The topological polar surface area (TPSA) is 66.4 Å². The average Bonchev–Trinajstić information content (AvgIpc) is 2.38. The molecule has 0 aliphatic rings. The number of sulfone groups is 1. The molecule has 2 rings (SSSR count). The molecule has 0 aliphatic heterocycles. The van der Waals surface area contributed by atoms with Crippen LogP contribution in [0.2, 0.25) is 5.02 Å². The number of benzene rings is 2. The van der Waals surface area contributed by atoms with Crippen LogP contribution < -0.4 is 5.32 Å². The summed E-state index contributed by atoms with van der Waals surface area (Å²) in [7, 11) is -3.42. The number of aromatic hydroxyl groups is 1. The molecular weight excluding hydrogens is 317 g/mol. The summed E-state index contributed by atoms with van der Waals surface area (Å²) in [6.07, 6.45) is 1.05. The molecule has 7 heteroatoms. The second kappa shape index (κ2) is 5.91. The molecule has 2 N–H and O–H groups in total. The van der Waals surface area contributed by atoms with Crippen molar-refractivity contribution in [1.29, 1.82) is 0 Å². The van der Waals surface area contributed by atoms with Gasteiger partial charge in [-0.3, -0.25) is 0 Å². The Morgan fingerprint density at radius 3 is 2.62 bits per heavy atom. The Hall–Kier alpha value is -1.79. The monoisotopic (exact) mass is 329 g/mol. The predicted octanol–water partition coefficient (Wildman–Crippen LogP) is 3.20. The second-order valence-corrected chi connectivity index (χ2v) is 6.93. The van der Waals surface area contributed by atoms with E-state index in [9.17, 15) is 17.9 Å². The highest BCUT2D eigenvalue weighted by molar-refractivity contribution is 7.90. The summed E-state index contributed by atoms with van der Waals surface area (Å²) in [5.74, 6) is -0.608. The third-order valence-electron chi connectivity index (χ3n) is 2.92. The van der Waals surface area contributed by atoms with E-state index < -0.39 is 15.7 Å². The zero-order valence-electron chi connectivity index (χ0n) is 11.1. The van der Waals surface area contributed by atoms with Crippen LogP contribution in [-0.4, -0.2) is 19.8 Å². The molecule has 0 saturated carbocycles. The Morgan fingerprint density at radius 1 is 1.29 bits per heavy atom. The van der Waals surface area contributed by atoms with Crippen molar-refractivity contribution in [2.75, 3.05) is 11.6 Å². The summed E-state index contributed by atoms with van der Waals surface area (Å²) in [5.41, 5.74) is 0.431. The molecule has 0 heterocycles. The number of phenols is 1. The lowest BCUT2D eigenvalue weighted by atomic mass is 10.2. The van der Waals surface area contributed by atoms with E-state index in [1.807, 2.05) is 0 Å². The Bertz CT molecular complexity index is 758. The van der Waals surface area contributed by atoms with Crippen molar-refractivity contribution in [3.8, 4) is 5.75 Å². The van der Waals surface area contributed by atoms with Gasteiger partial charge in [0.05, 0.1) is 10.6 Å². The molecule has 0 radical (unpaired) electrons. The minimum absolute atomic E-state index is 0.00906. The summed E-state index contributed by atoms with van der Waals surface area (Å²) in [4.78, 5) is 0.00906. The Balaban J connectivity index is 2.28. The van der Waals surface area contributed by atoms with Gasteiger partial charge in [0.15, 0.2) is 9.84 Å². The van der Waals surface area contributed by atoms with Crippen molar-refractivity contribution in [3.05, 3.63) is 52.8 Å². The highest BCUT2D eigenvalue weighted by atomic mass is 35.5. The van der Waals surface area contributed by atoms with Crippen molar-refractivity contribution in [3.63, 3.8) is 0 Å². The molecule has 0 aromatic heterocycles. The molecule has 2 aromatic carbocycles. The van der Waals surface area contributed by atoms with Crippen molar-refractivity contribution >= 4 is 27.1 Å². The molecule has 0 amide bonds. The highest BCUT2D eigenvalue weighted by Crippen LogP contribution is 2.27. The molecule has 0 spiro atoms. The van der Waals surface area contributed by atoms with Crippen molar-refractivity contribution in [2.45, 2.75) is 11.4 Å². The minimum Gasteiger partial charge on any atom is -0.508 e. The fourth-order valence-electron chi connectivity index (χ4n) is 1.78. The van der Waals surface area contributed by atoms with Gasteiger partial charge in [0.25, 0.3) is 0 Å². The summed E-state index contributed by atoms with van der Waals surface area (Å²) < 4.78 is 36.6. The number of halogens is 2. The number of hydrogen-bond acceptors (Lipinski definition) is 4. The van der Waals surface area contributed by atoms with E-state index in [-0.39, 0.29) is 22.9 Å². The molecule has 0 fully saturated rings. The average molecular weight is 330 g/mol. The van der Waals surface area contributed by atoms with Crippen molar-refractivity contribution < 1.29 is 17.9 Å². The van der Waals surface area contributed by atoms with Crippen LogP contribution in [0.15, 0.2) is 41.3 Å². The second-order valence-electron chi connectivity index (χ2n) is 4.50. The summed E-state index contributed by atoms with van der Waals surface area (Å²) >= 11 is 5.95. The van der Waals surface area contributed by atoms with E-state index in [0.717, 1.165) is 12.3 Å². The Morgan fingerprint density at radius 2 is 2.00 bits per heavy atom. The summed E-state index contributed by atoms with van der Waals surface area (Å²) in [6.45, 7) is 0.0651. The zero-order chi connectivity index (χ0) is 15.6. The third-order valence-corrected chi connectivity index (χ3v) is 4.38. The van der Waals surface area contributed by atoms with Crippen LogP contribution in [0.3, 0.4) is 0 Å². The Kier molecular flexibility index (Phi) is 4.39. The van der Waals surface area contributed by atoms with Gasteiger partial charge in [-0.1, -0.05) is 17.7 Å². The van der Waals surface area contributed by atoms with Crippen LogP contribution in [0.25, 0.3) is 0 Å². The first-order valence-electron chi connectivity index (χ1n) is 5.99. The van der Waals surface area contributed by atoms with Gasteiger partial charge >= 0.3 is 0 Å². The maximum atomic E-state index is 13.7. The van der Waals surface area contributed by atoms with E-state index in [1.54, 1.807) is 12.1 Å². The van der Waals surface area contributed by atoms with E-state index in [4.69, 9.17) is 11.6 Å². The number of anilines is 1. The molecule has 0 unspecified atom stereocenters. The largest absolute Gasteiger partial charge is 0.508 e. The Labute approximate surface area is 127 Å². The third kappa shape index (κ3) is 3.65. The van der Waals surface area contributed by atoms with E-state index in [0.29, 0.717) is 10.6 Å². The van der Waals surface area contributed by atoms with Crippen LogP contribution in [0, 0.1) is 5.82 Å². The lowest BCUT2D eigenvalue weighted by Gasteiger charge is -2.11. The van der Waals surface area contributed by atoms with Crippen LogP contribution in [0.1, 0.15) is 5.56 Å². The standard InChI is InChI=1S/C14H13ClFNO3S/c1-21(19,20)9-5-6-12(16)13(7-9)17-8-10-11(15)3-2-4-14(10)18/h2-7,17-18H,8H2,1H3. The van der Waals surface area contributed by atoms with Crippen molar-refractivity contribution in [2.24, 2.45) is 0 Å². The smallest absolute Gasteiger partial charge is 0.175 e. The normalized spacial score (nSPS) is 11.4. The van der Waals surface area contributed by atoms with Gasteiger partial charge in [-0.15, -0.1) is 0 Å². The first-order valence-corrected chi connectivity index (χ1v) is 8.26. The lowest BCUT2D eigenvalue weighted by molar-refractivity contribution is 0.469. The van der Waals surface area contributed by atoms with Gasteiger partial charge in [-0.25, -0.2) is 12.8 Å². The predicted molar refractivity (Wildman–Crippen MR) is 80.0 cm³/mol. The van der Waals surface area contributed by atoms with Gasteiger partial charge in [0.1, 0.15) is 11.6 Å². The SMILES string of the molecule is CS(=O)(=O)c1ccc(F)c(NCc2c(O)cccc2Cl)c1. The molecule has 112 valence electrons. The van der Waals surface area contributed by atoms with Crippen LogP contribution in [-0.2, 0) is 16.4 Å². The van der Waals surface area contributed by atoms with Crippen LogP contribution in [0.4, 0.5) is 10.1 Å². The van der Waals surface area contributed by atoms with Gasteiger partial charge < -0.3 is 10.4 Å². The first-order chi connectivity index (χ1) is 9.79. The number of phenolic OH excluding ortho intramolecular Hbond substituents is 1. The quantitative estimate of drug-likeness (QED) is 0.845. The molecule has 2 aromatic rings. The first kappa shape index (κ1) is 15.6. The van der Waals surface area contributed by atoms with Crippen LogP contribution in [0.5, 0.6) is 5.75 Å². The highest BCUT2D eigenvalue weighted by Gasteiger charge is 2.12. The van der Waals surface area contributed by atoms with E-state index >= 15 is 0 Å². The number of rotatable bonds is 4. The molecule has 0 bridgehead atoms. The number of hydrogen-bond donors (Lipinski definition) is 2. The lowest BCUT2D eigenvalue weighted by Crippen LogP contribution is -2.05. The number of nitrogens with one attached hydrogen (secondary N) is 1. The van der Waals surface area contributed by atoms with Gasteiger partial charge in [0, 0.05) is 23.4 Å². The van der Waals surface area contributed by atoms with Gasteiger partial charge in [-0.05, 0) is 30.3 Å². The molecule has 0 aliphatic carbocycles. The minimum atomic E-state index is -3.42. The zero-order valence-corrected chi connectivity index (χ0v) is 12.7. The summed E-state index contributed by atoms with van der Waals surface area (Å²) in [6, 6.07) is 8.13. The molecule has 0 atom stereocenters. The fourth-order valence-corrected chi connectivity index (χ4v) is 2.66. The fraction of sp³-hybridized carbons (Fsp3) is 0.143. The van der Waals surface area contributed by atoms with Gasteiger partial charge in [-0.2, -0.15) is 0 Å². The molecular formula is C14H13ClFNO3S. The molecule has 21 heavy (non-hydrogen) atoms. The van der Waals surface area contributed by atoms with E-state index in [1.165, 1.54) is 18.2 Å². The van der Waals surface area contributed by atoms with Crippen LogP contribution >= 0.6 is 11.6 Å². The maximum absolute atomic E-state index is 13.7. The van der Waals surface area contributed by atoms with Gasteiger partial charge in [0.2, 0.25) is 0 Å². The van der Waals surface area contributed by atoms with Crippen molar-refractivity contribution in [1.82, 2.24) is 0 Å². The molecule has 4 nitrogen and oxygen atoms in total. The maximum Gasteiger partial charge on any atom is 0.175 e. The summed E-state index contributed by atoms with van der Waals surface area (Å²) in [5, 5.41) is 12.8.